The van der Waals surface area contributed by atoms with E-state index in [2.05, 4.69) is 0 Å². The summed E-state index contributed by atoms with van der Waals surface area (Å²) in [7, 11) is 0.848. The van der Waals surface area contributed by atoms with E-state index < -0.39 is 31.3 Å². The molecule has 0 aliphatic heterocycles. The molecule has 0 bridgehead atoms. The molecule has 108 valence electrons. The fourth-order valence-corrected chi connectivity index (χ4v) is 2.66. The zero-order valence-corrected chi connectivity index (χ0v) is 12.5. The summed E-state index contributed by atoms with van der Waals surface area (Å²) in [5.41, 5.74) is 0. The van der Waals surface area contributed by atoms with E-state index in [1.165, 1.54) is 0 Å². The number of benzene rings is 1. The molecule has 0 amide bonds. The Bertz CT molecular complexity index is 512. The minimum absolute atomic E-state index is 0.161. The van der Waals surface area contributed by atoms with Gasteiger partial charge >= 0.3 is 0 Å². The van der Waals surface area contributed by atoms with Crippen molar-refractivity contribution in [2.75, 3.05) is 18.1 Å². The third-order valence-corrected chi connectivity index (χ3v) is 4.46. The van der Waals surface area contributed by atoms with Gasteiger partial charge in [0.05, 0.1) is 11.5 Å². The van der Waals surface area contributed by atoms with Crippen LogP contribution in [0, 0.1) is 11.6 Å². The van der Waals surface area contributed by atoms with Gasteiger partial charge in [0.2, 0.25) is 0 Å². The summed E-state index contributed by atoms with van der Waals surface area (Å²) in [5, 5.41) is 0. The highest BCUT2D eigenvalue weighted by molar-refractivity contribution is 8.13. The lowest BCUT2D eigenvalue weighted by Gasteiger charge is -2.09. The highest BCUT2D eigenvalue weighted by Gasteiger charge is 2.18. The quantitative estimate of drug-likeness (QED) is 0.567. The molecule has 0 aliphatic carbocycles. The van der Waals surface area contributed by atoms with Crippen molar-refractivity contribution in [3.63, 3.8) is 0 Å². The number of halogens is 3. The monoisotopic (exact) mass is 330 g/mol. The topological polar surface area (TPSA) is 43.4 Å². The summed E-state index contributed by atoms with van der Waals surface area (Å²) < 4.78 is 54.0. The van der Waals surface area contributed by atoms with E-state index in [4.69, 9.17) is 15.4 Å². The number of hydrogen-bond donors (Lipinski definition) is 0. The molecule has 3 nitrogen and oxygen atoms in total. The Morgan fingerprint density at radius 2 is 1.89 bits per heavy atom. The van der Waals surface area contributed by atoms with E-state index in [9.17, 15) is 17.2 Å². The van der Waals surface area contributed by atoms with E-state index in [1.54, 1.807) is 11.8 Å². The average molecular weight is 331 g/mol. The lowest BCUT2D eigenvalue weighted by atomic mass is 10.3. The summed E-state index contributed by atoms with van der Waals surface area (Å²) in [5.74, 6) is -0.950. The molecule has 0 atom stereocenters. The Labute approximate surface area is 119 Å². The Balaban J connectivity index is 2.75. The number of rotatable bonds is 7. The van der Waals surface area contributed by atoms with Crippen LogP contribution in [-0.4, -0.2) is 26.5 Å². The molecule has 1 aromatic rings. The van der Waals surface area contributed by atoms with Crippen LogP contribution in [0.15, 0.2) is 17.0 Å². The van der Waals surface area contributed by atoms with Gasteiger partial charge in [-0.25, -0.2) is 17.2 Å². The maximum absolute atomic E-state index is 13.5. The van der Waals surface area contributed by atoms with Crippen LogP contribution < -0.4 is 4.74 Å². The van der Waals surface area contributed by atoms with Crippen molar-refractivity contribution in [3.8, 4) is 5.75 Å². The van der Waals surface area contributed by atoms with Gasteiger partial charge < -0.3 is 4.74 Å². The molecule has 19 heavy (non-hydrogen) atoms. The average Bonchev–Trinajstić information content (AvgIpc) is 2.30. The van der Waals surface area contributed by atoms with E-state index in [0.29, 0.717) is 18.6 Å². The second kappa shape index (κ2) is 7.31. The first-order valence-electron chi connectivity index (χ1n) is 5.50. The predicted octanol–water partition coefficient (Wildman–Crippen LogP) is 3.41. The third-order valence-electron chi connectivity index (χ3n) is 2.14. The van der Waals surface area contributed by atoms with Crippen molar-refractivity contribution < 1.29 is 21.9 Å². The summed E-state index contributed by atoms with van der Waals surface area (Å²) in [6.45, 7) is 2.17. The molecular formula is C11H13ClF2O3S2. The largest absolute Gasteiger partial charge is 0.488 e. The molecule has 0 radical (unpaired) electrons. The van der Waals surface area contributed by atoms with Crippen molar-refractivity contribution in [2.24, 2.45) is 0 Å². The Morgan fingerprint density at radius 1 is 1.32 bits per heavy atom. The number of thioether (sulfide) groups is 1. The van der Waals surface area contributed by atoms with Gasteiger partial charge in [0, 0.05) is 10.7 Å². The predicted molar refractivity (Wildman–Crippen MR) is 72.5 cm³/mol. The fraction of sp³-hybridized carbons (Fsp3) is 0.455. The van der Waals surface area contributed by atoms with Gasteiger partial charge in [-0.1, -0.05) is 6.92 Å². The summed E-state index contributed by atoms with van der Waals surface area (Å²) >= 11 is 1.69. The molecule has 0 fully saturated rings. The summed E-state index contributed by atoms with van der Waals surface area (Å²) in [6, 6.07) is 1.28. The second-order valence-electron chi connectivity index (χ2n) is 3.55. The minimum Gasteiger partial charge on any atom is -0.488 e. The zero-order valence-electron chi connectivity index (χ0n) is 10.2. The van der Waals surface area contributed by atoms with Crippen molar-refractivity contribution in [1.29, 1.82) is 0 Å². The van der Waals surface area contributed by atoms with Crippen LogP contribution in [0.25, 0.3) is 0 Å². The molecular weight excluding hydrogens is 318 g/mol. The Kier molecular flexibility index (Phi) is 6.35. The van der Waals surface area contributed by atoms with E-state index in [-0.39, 0.29) is 6.61 Å². The zero-order chi connectivity index (χ0) is 14.5. The molecule has 0 aliphatic rings. The highest BCUT2D eigenvalue weighted by Crippen LogP contribution is 2.27. The smallest absolute Gasteiger partial charge is 0.261 e. The van der Waals surface area contributed by atoms with Gasteiger partial charge in [-0.3, -0.25) is 0 Å². The lowest BCUT2D eigenvalue weighted by molar-refractivity contribution is 0.285. The minimum atomic E-state index is -4.16. The van der Waals surface area contributed by atoms with Crippen molar-refractivity contribution in [2.45, 2.75) is 18.2 Å². The molecule has 0 saturated heterocycles. The fourth-order valence-electron chi connectivity index (χ4n) is 1.29. The molecule has 0 saturated carbocycles. The van der Waals surface area contributed by atoms with Gasteiger partial charge in [0.15, 0.2) is 17.4 Å². The summed E-state index contributed by atoms with van der Waals surface area (Å²) in [6.07, 6.45) is 0.646. The van der Waals surface area contributed by atoms with E-state index >= 15 is 0 Å². The highest BCUT2D eigenvalue weighted by atomic mass is 35.7. The SMILES string of the molecule is CCSCCCOc1c(F)cc(S(=O)(=O)Cl)cc1F. The normalized spacial score (nSPS) is 11.6. The number of ether oxygens (including phenoxy) is 1. The van der Waals surface area contributed by atoms with Gasteiger partial charge in [-0.05, 0) is 30.1 Å². The first-order chi connectivity index (χ1) is 8.86. The molecule has 0 spiro atoms. The van der Waals surface area contributed by atoms with Crippen LogP contribution in [0.5, 0.6) is 5.75 Å². The molecule has 0 N–H and O–H groups in total. The molecule has 1 rings (SSSR count). The maximum Gasteiger partial charge on any atom is 0.261 e. The summed E-state index contributed by atoms with van der Waals surface area (Å²) in [4.78, 5) is -0.627. The first kappa shape index (κ1) is 16.5. The molecule has 0 heterocycles. The Hall–Kier alpha value is -0.530. The van der Waals surface area contributed by atoms with Crippen LogP contribution in [-0.2, 0) is 9.05 Å². The second-order valence-corrected chi connectivity index (χ2v) is 7.51. The molecule has 8 heteroatoms. The van der Waals surface area contributed by atoms with Crippen LogP contribution in [0.3, 0.4) is 0 Å². The third kappa shape index (κ3) is 5.16. The molecule has 0 aromatic heterocycles. The molecule has 0 unspecified atom stereocenters. The van der Waals surface area contributed by atoms with Crippen molar-refractivity contribution in [3.05, 3.63) is 23.8 Å². The number of hydrogen-bond acceptors (Lipinski definition) is 4. The van der Waals surface area contributed by atoms with Gasteiger partial charge in [0.1, 0.15) is 0 Å². The van der Waals surface area contributed by atoms with Crippen molar-refractivity contribution in [1.82, 2.24) is 0 Å². The van der Waals surface area contributed by atoms with E-state index in [0.717, 1.165) is 11.5 Å². The first-order valence-corrected chi connectivity index (χ1v) is 8.97. The van der Waals surface area contributed by atoms with Gasteiger partial charge in [0.25, 0.3) is 9.05 Å². The van der Waals surface area contributed by atoms with Crippen LogP contribution in [0.1, 0.15) is 13.3 Å². The standard InChI is InChI=1S/C11H13ClF2O3S2/c1-2-18-5-3-4-17-11-9(13)6-8(7-10(11)14)19(12,15)16/h6-7H,2-5H2,1H3. The van der Waals surface area contributed by atoms with Gasteiger partial charge in [-0.2, -0.15) is 11.8 Å². The van der Waals surface area contributed by atoms with E-state index in [1.807, 2.05) is 6.92 Å². The van der Waals surface area contributed by atoms with Crippen LogP contribution in [0.2, 0.25) is 0 Å². The van der Waals surface area contributed by atoms with Crippen LogP contribution in [0.4, 0.5) is 8.78 Å². The van der Waals surface area contributed by atoms with Crippen LogP contribution >= 0.6 is 22.4 Å². The maximum atomic E-state index is 13.5. The van der Waals surface area contributed by atoms with Gasteiger partial charge in [-0.15, -0.1) is 0 Å². The Morgan fingerprint density at radius 3 is 2.37 bits per heavy atom. The lowest BCUT2D eigenvalue weighted by Crippen LogP contribution is -2.04. The van der Waals surface area contributed by atoms with Crippen molar-refractivity contribution >= 4 is 31.5 Å². The molecule has 1 aromatic carbocycles.